The third kappa shape index (κ3) is 5.11. The lowest BCUT2D eigenvalue weighted by atomic mass is 10.0. The summed E-state index contributed by atoms with van der Waals surface area (Å²) >= 11 is 0. The molecule has 2 aliphatic heterocycles. The highest BCUT2D eigenvalue weighted by molar-refractivity contribution is 7.89. The molecule has 0 aliphatic carbocycles. The van der Waals surface area contributed by atoms with Gasteiger partial charge in [-0.15, -0.1) is 0 Å². The Morgan fingerprint density at radius 1 is 1.30 bits per heavy atom. The van der Waals surface area contributed by atoms with Gasteiger partial charge in [-0.1, -0.05) is 6.92 Å². The van der Waals surface area contributed by atoms with Gasteiger partial charge in [0.05, 0.1) is 10.6 Å². The number of piperidine rings is 1. The van der Waals surface area contributed by atoms with E-state index in [2.05, 4.69) is 12.2 Å². The van der Waals surface area contributed by atoms with Crippen LogP contribution in [0.25, 0.3) is 0 Å². The maximum Gasteiger partial charge on any atom is 0.265 e. The number of carbonyl (C=O) groups is 2. The Morgan fingerprint density at radius 2 is 2.03 bits per heavy atom. The zero-order valence-electron chi connectivity index (χ0n) is 17.4. The lowest BCUT2D eigenvalue weighted by Gasteiger charge is -2.31. The number of anilines is 1. The summed E-state index contributed by atoms with van der Waals surface area (Å²) in [6.07, 6.45) is 2.30. The first kappa shape index (κ1) is 22.5. The van der Waals surface area contributed by atoms with Gasteiger partial charge in [0.25, 0.3) is 5.91 Å². The normalized spacial score (nSPS) is 18.1. The molecule has 1 fully saturated rings. The highest BCUT2D eigenvalue weighted by Crippen LogP contribution is 2.35. The van der Waals surface area contributed by atoms with Gasteiger partial charge < -0.3 is 14.8 Å². The third-order valence-corrected chi connectivity index (χ3v) is 7.30. The molecule has 1 aromatic carbocycles. The standard InChI is InChI=1S/C20H29N3O6S/c1-15-6-9-22(10-7-15)30(26,27)16-4-5-18-17(12-16)23(20(25)14-29-18)13-19(24)21-8-3-11-28-2/h4-5,12,15H,3,6-11,13-14H2,1-2H3,(H,21,24). The van der Waals surface area contributed by atoms with Crippen LogP contribution in [0.3, 0.4) is 0 Å². The molecule has 0 atom stereocenters. The van der Waals surface area contributed by atoms with Crippen LogP contribution in [0.5, 0.6) is 5.75 Å². The van der Waals surface area contributed by atoms with Crippen LogP contribution in [-0.4, -0.2) is 71.0 Å². The molecule has 0 radical (unpaired) electrons. The van der Waals surface area contributed by atoms with Gasteiger partial charge in [0.2, 0.25) is 15.9 Å². The van der Waals surface area contributed by atoms with E-state index in [4.69, 9.17) is 9.47 Å². The lowest BCUT2D eigenvalue weighted by Crippen LogP contribution is -2.45. The first-order valence-corrected chi connectivity index (χ1v) is 11.6. The second kappa shape index (κ2) is 9.76. The van der Waals surface area contributed by atoms with Crippen molar-refractivity contribution in [3.63, 3.8) is 0 Å². The fourth-order valence-corrected chi connectivity index (χ4v) is 5.02. The van der Waals surface area contributed by atoms with E-state index in [0.717, 1.165) is 12.8 Å². The van der Waals surface area contributed by atoms with Crippen LogP contribution in [0.15, 0.2) is 23.1 Å². The molecule has 0 bridgehead atoms. The molecule has 0 aromatic heterocycles. The quantitative estimate of drug-likeness (QED) is 0.606. The lowest BCUT2D eigenvalue weighted by molar-refractivity contribution is -0.125. The van der Waals surface area contributed by atoms with Crippen molar-refractivity contribution in [3.8, 4) is 5.75 Å². The number of nitrogens with one attached hydrogen (secondary N) is 1. The predicted molar refractivity (Wildman–Crippen MR) is 111 cm³/mol. The largest absolute Gasteiger partial charge is 0.482 e. The van der Waals surface area contributed by atoms with E-state index in [1.165, 1.54) is 21.3 Å². The van der Waals surface area contributed by atoms with Crippen LogP contribution >= 0.6 is 0 Å². The van der Waals surface area contributed by atoms with Crippen LogP contribution in [0.1, 0.15) is 26.2 Å². The summed E-state index contributed by atoms with van der Waals surface area (Å²) in [6.45, 7) is 3.63. The number of hydrogen-bond donors (Lipinski definition) is 1. The van der Waals surface area contributed by atoms with Gasteiger partial charge in [0.1, 0.15) is 12.3 Å². The zero-order chi connectivity index (χ0) is 21.7. The van der Waals surface area contributed by atoms with Crippen molar-refractivity contribution in [2.75, 3.05) is 51.4 Å². The molecule has 9 nitrogen and oxygen atoms in total. The highest BCUT2D eigenvalue weighted by Gasteiger charge is 2.32. The maximum absolute atomic E-state index is 13.1. The van der Waals surface area contributed by atoms with Crippen LogP contribution in [0.2, 0.25) is 0 Å². The molecule has 1 saturated heterocycles. The van der Waals surface area contributed by atoms with Gasteiger partial charge in [-0.3, -0.25) is 14.5 Å². The monoisotopic (exact) mass is 439 g/mol. The number of methoxy groups -OCH3 is 1. The van der Waals surface area contributed by atoms with Crippen LogP contribution in [0.4, 0.5) is 5.69 Å². The molecule has 0 unspecified atom stereocenters. The fourth-order valence-electron chi connectivity index (χ4n) is 3.53. The Morgan fingerprint density at radius 3 is 2.73 bits per heavy atom. The average Bonchev–Trinajstić information content (AvgIpc) is 2.73. The van der Waals surface area contributed by atoms with E-state index < -0.39 is 15.9 Å². The highest BCUT2D eigenvalue weighted by atomic mass is 32.2. The molecular weight excluding hydrogens is 410 g/mol. The minimum atomic E-state index is -3.68. The van der Waals surface area contributed by atoms with E-state index >= 15 is 0 Å². The fraction of sp³-hybridized carbons (Fsp3) is 0.600. The summed E-state index contributed by atoms with van der Waals surface area (Å²) in [6, 6.07) is 4.47. The molecule has 0 saturated carbocycles. The predicted octanol–water partition coefficient (Wildman–Crippen LogP) is 0.985. The number of hydrogen-bond acceptors (Lipinski definition) is 6. The minimum absolute atomic E-state index is 0.0969. The molecule has 0 spiro atoms. The van der Waals surface area contributed by atoms with Crippen LogP contribution in [0, 0.1) is 5.92 Å². The molecule has 1 aromatic rings. The summed E-state index contributed by atoms with van der Waals surface area (Å²) in [5.41, 5.74) is 0.296. The molecule has 2 aliphatic rings. The van der Waals surface area contributed by atoms with Gasteiger partial charge in [-0.25, -0.2) is 8.42 Å². The van der Waals surface area contributed by atoms with E-state index in [-0.39, 0.29) is 24.0 Å². The molecule has 30 heavy (non-hydrogen) atoms. The number of nitrogens with zero attached hydrogens (tertiary/aromatic N) is 2. The van der Waals surface area contributed by atoms with Crippen molar-refractivity contribution in [3.05, 3.63) is 18.2 Å². The van der Waals surface area contributed by atoms with Crippen molar-refractivity contribution in [1.29, 1.82) is 0 Å². The summed E-state index contributed by atoms with van der Waals surface area (Å²) in [5.74, 6) is 0.165. The van der Waals surface area contributed by atoms with Crippen LogP contribution < -0.4 is 15.0 Å². The topological polar surface area (TPSA) is 105 Å². The molecule has 2 heterocycles. The second-order valence-electron chi connectivity index (χ2n) is 7.68. The average molecular weight is 440 g/mol. The molecule has 3 rings (SSSR count). The smallest absolute Gasteiger partial charge is 0.265 e. The van der Waals surface area contributed by atoms with E-state index in [1.54, 1.807) is 13.2 Å². The van der Waals surface area contributed by atoms with Crippen molar-refractivity contribution in [2.45, 2.75) is 31.1 Å². The number of sulfonamides is 1. The Bertz CT molecular complexity index is 881. The Labute approximate surface area is 177 Å². The third-order valence-electron chi connectivity index (χ3n) is 5.40. The number of fused-ring (bicyclic) bond motifs is 1. The number of amides is 2. The minimum Gasteiger partial charge on any atom is -0.482 e. The van der Waals surface area contributed by atoms with Crippen LogP contribution in [-0.2, 0) is 24.3 Å². The first-order valence-electron chi connectivity index (χ1n) is 10.2. The summed E-state index contributed by atoms with van der Waals surface area (Å²) in [5, 5.41) is 2.74. The number of benzene rings is 1. The van der Waals surface area contributed by atoms with Crippen molar-refractivity contribution >= 4 is 27.5 Å². The number of rotatable bonds is 8. The summed E-state index contributed by atoms with van der Waals surface area (Å²) in [7, 11) is -2.10. The first-order chi connectivity index (χ1) is 14.3. The summed E-state index contributed by atoms with van der Waals surface area (Å²) < 4.78 is 38.0. The maximum atomic E-state index is 13.1. The van der Waals surface area contributed by atoms with Gasteiger partial charge >= 0.3 is 0 Å². The Hall–Kier alpha value is -2.17. The zero-order valence-corrected chi connectivity index (χ0v) is 18.2. The Balaban J connectivity index is 1.78. The van der Waals surface area contributed by atoms with E-state index in [0.29, 0.717) is 50.0 Å². The molecule has 1 N–H and O–H groups in total. The van der Waals surface area contributed by atoms with Crippen molar-refractivity contribution in [1.82, 2.24) is 9.62 Å². The second-order valence-corrected chi connectivity index (χ2v) is 9.62. The van der Waals surface area contributed by atoms with Gasteiger partial charge in [-0.2, -0.15) is 4.31 Å². The Kier molecular flexibility index (Phi) is 7.32. The number of ether oxygens (including phenoxy) is 2. The van der Waals surface area contributed by atoms with E-state index in [1.807, 2.05) is 0 Å². The van der Waals surface area contributed by atoms with Gasteiger partial charge in [-0.05, 0) is 43.4 Å². The summed E-state index contributed by atoms with van der Waals surface area (Å²) in [4.78, 5) is 26.1. The molecular formula is C20H29N3O6S. The van der Waals surface area contributed by atoms with Gasteiger partial charge in [0, 0.05) is 33.4 Å². The molecule has 166 valence electrons. The number of carbonyl (C=O) groups excluding carboxylic acids is 2. The SMILES string of the molecule is COCCCNC(=O)CN1C(=O)COc2ccc(S(=O)(=O)N3CCC(C)CC3)cc21. The van der Waals surface area contributed by atoms with E-state index in [9.17, 15) is 18.0 Å². The van der Waals surface area contributed by atoms with Gasteiger partial charge in [0.15, 0.2) is 6.61 Å². The van der Waals surface area contributed by atoms with Crippen molar-refractivity contribution in [2.24, 2.45) is 5.92 Å². The molecule has 10 heteroatoms. The van der Waals surface area contributed by atoms with Crippen molar-refractivity contribution < 1.29 is 27.5 Å². The molecule has 2 amide bonds.